The van der Waals surface area contributed by atoms with Crippen molar-refractivity contribution in [3.8, 4) is 5.75 Å². The zero-order valence-electron chi connectivity index (χ0n) is 10.5. The van der Waals surface area contributed by atoms with Crippen LogP contribution in [0.3, 0.4) is 0 Å². The molecule has 1 amide bonds. The lowest BCUT2D eigenvalue weighted by Crippen LogP contribution is -2.23. The molecule has 1 saturated carbocycles. The molecule has 1 aliphatic rings. The predicted octanol–water partition coefficient (Wildman–Crippen LogP) is 2.92. The van der Waals surface area contributed by atoms with Crippen LogP contribution in [0.1, 0.15) is 36.0 Å². The largest absolute Gasteiger partial charge is 0.490 e. The Morgan fingerprint density at radius 3 is 2.61 bits per heavy atom. The van der Waals surface area contributed by atoms with E-state index in [1.807, 2.05) is 12.1 Å². The highest BCUT2D eigenvalue weighted by Gasteiger charge is 2.16. The smallest absolute Gasteiger partial charge is 0.251 e. The molecule has 0 unspecified atom stereocenters. The topological polar surface area (TPSA) is 38.3 Å². The van der Waals surface area contributed by atoms with E-state index in [1.165, 1.54) is 12.8 Å². The first kappa shape index (κ1) is 12.7. The fourth-order valence-electron chi connectivity index (χ4n) is 2.15. The molecule has 96 valence electrons. The number of hydrogen-bond acceptors (Lipinski definition) is 2. The van der Waals surface area contributed by atoms with Gasteiger partial charge in [-0.25, -0.2) is 0 Å². The summed E-state index contributed by atoms with van der Waals surface area (Å²) in [5.41, 5.74) is 0.649. The molecule has 1 aliphatic carbocycles. The normalized spacial score (nSPS) is 15.3. The maximum atomic E-state index is 11.7. The van der Waals surface area contributed by atoms with Crippen LogP contribution in [0.25, 0.3) is 0 Å². The molecular formula is C15H19NO2. The first-order valence-electron chi connectivity index (χ1n) is 6.45. The van der Waals surface area contributed by atoms with Crippen molar-refractivity contribution in [2.24, 2.45) is 0 Å². The van der Waals surface area contributed by atoms with Crippen LogP contribution in [0.2, 0.25) is 0 Å². The molecule has 0 bridgehead atoms. The second-order valence-corrected chi connectivity index (χ2v) is 4.55. The third-order valence-corrected chi connectivity index (χ3v) is 3.13. The molecule has 0 saturated heterocycles. The Kier molecular flexibility index (Phi) is 4.40. The number of hydrogen-bond donors (Lipinski definition) is 1. The number of ether oxygens (including phenoxy) is 1. The zero-order chi connectivity index (χ0) is 12.8. The first-order valence-corrected chi connectivity index (χ1v) is 6.45. The van der Waals surface area contributed by atoms with E-state index in [0.717, 1.165) is 18.6 Å². The van der Waals surface area contributed by atoms with Crippen LogP contribution in [-0.4, -0.2) is 18.6 Å². The van der Waals surface area contributed by atoms with Crippen LogP contribution in [0, 0.1) is 0 Å². The van der Waals surface area contributed by atoms with Gasteiger partial charge in [0, 0.05) is 12.1 Å². The fourth-order valence-corrected chi connectivity index (χ4v) is 2.15. The van der Waals surface area contributed by atoms with Crippen molar-refractivity contribution in [2.75, 3.05) is 6.54 Å². The highest BCUT2D eigenvalue weighted by molar-refractivity contribution is 5.94. The molecule has 1 aromatic carbocycles. The van der Waals surface area contributed by atoms with Gasteiger partial charge in [0.05, 0.1) is 6.10 Å². The molecule has 0 heterocycles. The van der Waals surface area contributed by atoms with Gasteiger partial charge in [-0.3, -0.25) is 4.79 Å². The van der Waals surface area contributed by atoms with E-state index in [-0.39, 0.29) is 5.91 Å². The number of nitrogens with one attached hydrogen (secondary N) is 1. The molecule has 0 spiro atoms. The van der Waals surface area contributed by atoms with Crippen LogP contribution in [0.5, 0.6) is 5.75 Å². The van der Waals surface area contributed by atoms with Gasteiger partial charge < -0.3 is 10.1 Å². The molecule has 0 radical (unpaired) electrons. The van der Waals surface area contributed by atoms with Gasteiger partial charge in [0.25, 0.3) is 5.91 Å². The second-order valence-electron chi connectivity index (χ2n) is 4.55. The number of rotatable bonds is 5. The van der Waals surface area contributed by atoms with E-state index in [2.05, 4.69) is 11.9 Å². The molecule has 18 heavy (non-hydrogen) atoms. The Labute approximate surface area is 108 Å². The van der Waals surface area contributed by atoms with Crippen molar-refractivity contribution in [3.05, 3.63) is 42.5 Å². The zero-order valence-corrected chi connectivity index (χ0v) is 10.5. The molecule has 0 atom stereocenters. The number of amides is 1. The average molecular weight is 245 g/mol. The van der Waals surface area contributed by atoms with E-state index in [4.69, 9.17) is 4.74 Å². The van der Waals surface area contributed by atoms with Crippen molar-refractivity contribution in [1.29, 1.82) is 0 Å². The summed E-state index contributed by atoms with van der Waals surface area (Å²) in [5.74, 6) is 0.768. The Hall–Kier alpha value is -1.77. The molecule has 2 rings (SSSR count). The minimum absolute atomic E-state index is 0.0812. The van der Waals surface area contributed by atoms with Gasteiger partial charge in [-0.05, 0) is 49.9 Å². The Morgan fingerprint density at radius 2 is 2.00 bits per heavy atom. The lowest BCUT2D eigenvalue weighted by molar-refractivity contribution is 0.0958. The SMILES string of the molecule is C=CCNC(=O)c1ccc(OC2CCCC2)cc1. The van der Waals surface area contributed by atoms with Crippen molar-refractivity contribution in [3.63, 3.8) is 0 Å². The highest BCUT2D eigenvalue weighted by Crippen LogP contribution is 2.24. The molecule has 1 fully saturated rings. The Balaban J connectivity index is 1.91. The summed E-state index contributed by atoms with van der Waals surface area (Å²) in [6, 6.07) is 7.31. The summed E-state index contributed by atoms with van der Waals surface area (Å²) < 4.78 is 5.84. The summed E-state index contributed by atoms with van der Waals surface area (Å²) in [4.78, 5) is 11.7. The van der Waals surface area contributed by atoms with Gasteiger partial charge in [-0.1, -0.05) is 6.08 Å². The van der Waals surface area contributed by atoms with E-state index >= 15 is 0 Å². The van der Waals surface area contributed by atoms with Crippen LogP contribution in [0.4, 0.5) is 0 Å². The summed E-state index contributed by atoms with van der Waals surface area (Å²) >= 11 is 0. The molecule has 1 aromatic rings. The number of carbonyl (C=O) groups excluding carboxylic acids is 1. The van der Waals surface area contributed by atoms with Crippen molar-refractivity contribution < 1.29 is 9.53 Å². The molecule has 0 aromatic heterocycles. The average Bonchev–Trinajstić information content (AvgIpc) is 2.89. The number of carbonyl (C=O) groups is 1. The van der Waals surface area contributed by atoms with Gasteiger partial charge in [0.1, 0.15) is 5.75 Å². The standard InChI is InChI=1S/C15H19NO2/c1-2-11-16-15(17)12-7-9-14(10-8-12)18-13-5-3-4-6-13/h2,7-10,13H,1,3-6,11H2,(H,16,17). The highest BCUT2D eigenvalue weighted by atomic mass is 16.5. The maximum absolute atomic E-state index is 11.7. The molecule has 3 heteroatoms. The summed E-state index contributed by atoms with van der Waals surface area (Å²) in [6.07, 6.45) is 6.81. The monoisotopic (exact) mass is 245 g/mol. The lowest BCUT2D eigenvalue weighted by Gasteiger charge is -2.13. The van der Waals surface area contributed by atoms with Crippen LogP contribution < -0.4 is 10.1 Å². The maximum Gasteiger partial charge on any atom is 0.251 e. The van der Waals surface area contributed by atoms with E-state index in [0.29, 0.717) is 18.2 Å². The van der Waals surface area contributed by atoms with Gasteiger partial charge >= 0.3 is 0 Å². The minimum Gasteiger partial charge on any atom is -0.490 e. The van der Waals surface area contributed by atoms with Crippen LogP contribution in [0.15, 0.2) is 36.9 Å². The Bertz CT molecular complexity index is 405. The second kappa shape index (κ2) is 6.24. The molecule has 3 nitrogen and oxygen atoms in total. The van der Waals surface area contributed by atoms with Gasteiger partial charge in [0.2, 0.25) is 0 Å². The first-order chi connectivity index (χ1) is 8.79. The third-order valence-electron chi connectivity index (χ3n) is 3.13. The molecular weight excluding hydrogens is 226 g/mol. The Morgan fingerprint density at radius 1 is 1.33 bits per heavy atom. The van der Waals surface area contributed by atoms with Gasteiger partial charge in [0.15, 0.2) is 0 Å². The van der Waals surface area contributed by atoms with Gasteiger partial charge in [-0.15, -0.1) is 6.58 Å². The number of benzene rings is 1. The summed E-state index contributed by atoms with van der Waals surface area (Å²) in [5, 5.41) is 2.74. The van der Waals surface area contributed by atoms with E-state index in [9.17, 15) is 4.79 Å². The quantitative estimate of drug-likeness (QED) is 0.810. The van der Waals surface area contributed by atoms with E-state index < -0.39 is 0 Å². The summed E-state index contributed by atoms with van der Waals surface area (Å²) in [6.45, 7) is 4.05. The van der Waals surface area contributed by atoms with Crippen molar-refractivity contribution in [2.45, 2.75) is 31.8 Å². The van der Waals surface area contributed by atoms with Crippen LogP contribution >= 0.6 is 0 Å². The predicted molar refractivity (Wildman–Crippen MR) is 71.9 cm³/mol. The lowest BCUT2D eigenvalue weighted by atomic mass is 10.2. The molecule has 0 aliphatic heterocycles. The van der Waals surface area contributed by atoms with Gasteiger partial charge in [-0.2, -0.15) is 0 Å². The van der Waals surface area contributed by atoms with Crippen molar-refractivity contribution in [1.82, 2.24) is 5.32 Å². The van der Waals surface area contributed by atoms with E-state index in [1.54, 1.807) is 18.2 Å². The fraction of sp³-hybridized carbons (Fsp3) is 0.400. The molecule has 1 N–H and O–H groups in total. The van der Waals surface area contributed by atoms with Crippen LogP contribution in [-0.2, 0) is 0 Å². The van der Waals surface area contributed by atoms with Crippen molar-refractivity contribution >= 4 is 5.91 Å². The summed E-state index contributed by atoms with van der Waals surface area (Å²) in [7, 11) is 0. The minimum atomic E-state index is -0.0812. The third kappa shape index (κ3) is 3.36.